The summed E-state index contributed by atoms with van der Waals surface area (Å²) in [5, 5.41) is 1.10. The number of hydrogen-bond donors (Lipinski definition) is 1. The number of nitrogens with zero attached hydrogens (tertiary/aromatic N) is 1. The van der Waals surface area contributed by atoms with Crippen LogP contribution in [-0.4, -0.2) is 4.57 Å². The fraction of sp³-hybridized carbons (Fsp3) is 0.118. The smallest absolute Gasteiger partial charge is 0.251 e. The fourth-order valence-electron chi connectivity index (χ4n) is 2.29. The van der Waals surface area contributed by atoms with Crippen molar-refractivity contribution in [2.45, 2.75) is 16.7 Å². The van der Waals surface area contributed by atoms with Crippen LogP contribution < -0.4 is 11.3 Å². The van der Waals surface area contributed by atoms with Gasteiger partial charge in [-0.15, -0.1) is 0 Å². The highest BCUT2D eigenvalue weighted by atomic mass is 32.2. The quantitative estimate of drug-likeness (QED) is 0.735. The molecule has 106 valence electrons. The van der Waals surface area contributed by atoms with Crippen molar-refractivity contribution in [2.24, 2.45) is 7.05 Å². The molecule has 21 heavy (non-hydrogen) atoms. The summed E-state index contributed by atoms with van der Waals surface area (Å²) in [5.41, 5.74) is 8.59. The molecule has 0 fully saturated rings. The molecule has 4 heteroatoms. The monoisotopic (exact) mass is 296 g/mol. The van der Waals surface area contributed by atoms with Gasteiger partial charge in [-0.2, -0.15) is 0 Å². The van der Waals surface area contributed by atoms with Gasteiger partial charge in [0.2, 0.25) is 0 Å². The number of fused-ring (bicyclic) bond motifs is 1. The number of benzene rings is 2. The van der Waals surface area contributed by atoms with Crippen LogP contribution in [0.15, 0.2) is 63.1 Å². The molecule has 2 N–H and O–H groups in total. The molecular weight excluding hydrogens is 280 g/mol. The zero-order chi connectivity index (χ0) is 15.0. The van der Waals surface area contributed by atoms with E-state index in [1.54, 1.807) is 29.4 Å². The van der Waals surface area contributed by atoms with Crippen LogP contribution in [0.4, 0.5) is 5.69 Å². The van der Waals surface area contributed by atoms with Crippen molar-refractivity contribution in [1.82, 2.24) is 4.57 Å². The molecule has 1 aromatic heterocycles. The standard InChI is InChI=1S/C17H16N2OS/c1-11-3-8-15-14(9-11)16(10-17(20)19(15)2)21-13-6-4-12(18)5-7-13/h3-10H,18H2,1-2H3. The third kappa shape index (κ3) is 2.67. The molecule has 0 aliphatic carbocycles. The lowest BCUT2D eigenvalue weighted by Gasteiger charge is -2.10. The zero-order valence-electron chi connectivity index (χ0n) is 12.0. The summed E-state index contributed by atoms with van der Waals surface area (Å²) in [5.74, 6) is 0. The first-order chi connectivity index (χ1) is 10.0. The lowest BCUT2D eigenvalue weighted by molar-refractivity contribution is 0.898. The van der Waals surface area contributed by atoms with Gasteiger partial charge in [-0.25, -0.2) is 0 Å². The van der Waals surface area contributed by atoms with E-state index in [4.69, 9.17) is 5.73 Å². The van der Waals surface area contributed by atoms with Crippen LogP contribution >= 0.6 is 11.8 Å². The summed E-state index contributed by atoms with van der Waals surface area (Å²) in [6.45, 7) is 2.06. The molecule has 1 heterocycles. The molecule has 0 aliphatic rings. The zero-order valence-corrected chi connectivity index (χ0v) is 12.8. The largest absolute Gasteiger partial charge is 0.399 e. The molecule has 2 aromatic carbocycles. The Morgan fingerprint density at radius 1 is 1.05 bits per heavy atom. The minimum atomic E-state index is 0.00398. The summed E-state index contributed by atoms with van der Waals surface area (Å²) < 4.78 is 1.68. The van der Waals surface area contributed by atoms with Gasteiger partial charge in [0, 0.05) is 34.0 Å². The average molecular weight is 296 g/mol. The van der Waals surface area contributed by atoms with E-state index in [-0.39, 0.29) is 5.56 Å². The van der Waals surface area contributed by atoms with E-state index in [1.807, 2.05) is 36.4 Å². The van der Waals surface area contributed by atoms with Crippen LogP contribution in [0.2, 0.25) is 0 Å². The van der Waals surface area contributed by atoms with Gasteiger partial charge >= 0.3 is 0 Å². The van der Waals surface area contributed by atoms with E-state index in [0.29, 0.717) is 0 Å². The molecule has 0 radical (unpaired) electrons. The number of anilines is 1. The molecule has 3 nitrogen and oxygen atoms in total. The van der Waals surface area contributed by atoms with Gasteiger partial charge < -0.3 is 10.3 Å². The second kappa shape index (κ2) is 5.30. The van der Waals surface area contributed by atoms with E-state index >= 15 is 0 Å². The number of rotatable bonds is 2. The van der Waals surface area contributed by atoms with Gasteiger partial charge in [-0.1, -0.05) is 23.4 Å². The van der Waals surface area contributed by atoms with E-state index in [9.17, 15) is 4.79 Å². The second-order valence-electron chi connectivity index (χ2n) is 5.10. The van der Waals surface area contributed by atoms with E-state index < -0.39 is 0 Å². The molecule has 0 unspecified atom stereocenters. The van der Waals surface area contributed by atoms with E-state index in [2.05, 4.69) is 13.0 Å². The highest BCUT2D eigenvalue weighted by Crippen LogP contribution is 2.33. The highest BCUT2D eigenvalue weighted by Gasteiger charge is 2.08. The maximum atomic E-state index is 12.1. The topological polar surface area (TPSA) is 48.0 Å². The Hall–Kier alpha value is -2.20. The Bertz CT molecular complexity index is 866. The normalized spacial score (nSPS) is 11.0. The maximum Gasteiger partial charge on any atom is 0.251 e. The summed E-state index contributed by atoms with van der Waals surface area (Å²) in [4.78, 5) is 14.2. The number of pyridine rings is 1. The third-order valence-electron chi connectivity index (χ3n) is 3.47. The number of hydrogen-bond acceptors (Lipinski definition) is 3. The first-order valence-electron chi connectivity index (χ1n) is 6.68. The number of nitrogens with two attached hydrogens (primary N) is 1. The van der Waals surface area contributed by atoms with E-state index in [0.717, 1.165) is 26.4 Å². The number of nitrogen functional groups attached to an aromatic ring is 1. The van der Waals surface area contributed by atoms with Crippen molar-refractivity contribution in [3.05, 3.63) is 64.4 Å². The molecule has 0 bridgehead atoms. The molecule has 0 aliphatic heterocycles. The SMILES string of the molecule is Cc1ccc2c(c1)c(Sc1ccc(N)cc1)cc(=O)n2C. The summed E-state index contributed by atoms with van der Waals surface area (Å²) in [6, 6.07) is 15.5. The molecule has 0 saturated heterocycles. The Morgan fingerprint density at radius 2 is 1.76 bits per heavy atom. The van der Waals surface area contributed by atoms with Crippen LogP contribution in [-0.2, 0) is 7.05 Å². The van der Waals surface area contributed by atoms with Crippen LogP contribution in [0.5, 0.6) is 0 Å². The van der Waals surface area contributed by atoms with Crippen molar-refractivity contribution in [3.8, 4) is 0 Å². The molecule has 3 rings (SSSR count). The van der Waals surface area contributed by atoms with Gasteiger partial charge in [-0.3, -0.25) is 4.79 Å². The first kappa shape index (κ1) is 13.8. The Kier molecular flexibility index (Phi) is 3.47. The lowest BCUT2D eigenvalue weighted by atomic mass is 10.1. The Labute approximate surface area is 127 Å². The van der Waals surface area contributed by atoms with Gasteiger partial charge in [0.25, 0.3) is 5.56 Å². The van der Waals surface area contributed by atoms with Crippen LogP contribution in [0.25, 0.3) is 10.9 Å². The summed E-state index contributed by atoms with van der Waals surface area (Å²) in [6.07, 6.45) is 0. The minimum Gasteiger partial charge on any atom is -0.399 e. The summed E-state index contributed by atoms with van der Waals surface area (Å²) in [7, 11) is 1.80. The molecule has 3 aromatic rings. The van der Waals surface area contributed by atoms with Crippen molar-refractivity contribution >= 4 is 28.4 Å². The van der Waals surface area contributed by atoms with Gasteiger partial charge in [0.15, 0.2) is 0 Å². The van der Waals surface area contributed by atoms with Crippen molar-refractivity contribution in [1.29, 1.82) is 0 Å². The molecule has 0 atom stereocenters. The molecule has 0 amide bonds. The first-order valence-corrected chi connectivity index (χ1v) is 7.50. The fourth-order valence-corrected chi connectivity index (χ4v) is 3.25. The van der Waals surface area contributed by atoms with Crippen LogP contribution in [0.3, 0.4) is 0 Å². The number of aryl methyl sites for hydroxylation is 2. The van der Waals surface area contributed by atoms with Crippen molar-refractivity contribution in [2.75, 3.05) is 5.73 Å². The molecule has 0 spiro atoms. The average Bonchev–Trinajstić information content (AvgIpc) is 2.47. The molecule has 0 saturated carbocycles. The number of aromatic nitrogens is 1. The molecular formula is C17H16N2OS. The highest BCUT2D eigenvalue weighted by molar-refractivity contribution is 7.99. The predicted molar refractivity (Wildman–Crippen MR) is 88.9 cm³/mol. The van der Waals surface area contributed by atoms with Crippen molar-refractivity contribution in [3.63, 3.8) is 0 Å². The van der Waals surface area contributed by atoms with Crippen molar-refractivity contribution < 1.29 is 0 Å². The summed E-state index contributed by atoms with van der Waals surface area (Å²) >= 11 is 1.59. The van der Waals surface area contributed by atoms with Crippen LogP contribution in [0.1, 0.15) is 5.56 Å². The second-order valence-corrected chi connectivity index (χ2v) is 6.21. The Balaban J connectivity index is 2.17. The third-order valence-corrected chi connectivity index (χ3v) is 4.54. The Morgan fingerprint density at radius 3 is 2.48 bits per heavy atom. The minimum absolute atomic E-state index is 0.00398. The maximum absolute atomic E-state index is 12.1. The lowest BCUT2D eigenvalue weighted by Crippen LogP contribution is -2.16. The van der Waals surface area contributed by atoms with Crippen LogP contribution in [0, 0.1) is 6.92 Å². The predicted octanol–water partition coefficient (Wildman–Crippen LogP) is 3.58. The van der Waals surface area contributed by atoms with E-state index in [1.165, 1.54) is 5.56 Å². The van der Waals surface area contributed by atoms with Gasteiger partial charge in [-0.05, 0) is 43.3 Å². The van der Waals surface area contributed by atoms with Gasteiger partial charge in [0.1, 0.15) is 0 Å². The van der Waals surface area contributed by atoms with Gasteiger partial charge in [0.05, 0.1) is 5.52 Å².